The highest BCUT2D eigenvalue weighted by atomic mass is 16.2. The topological polar surface area (TPSA) is 41.1 Å². The van der Waals surface area contributed by atoms with Crippen LogP contribution >= 0.6 is 0 Å². The molecule has 1 amide bonds. The van der Waals surface area contributed by atoms with Gasteiger partial charge in [0.25, 0.3) is 0 Å². The Morgan fingerprint density at radius 2 is 1.76 bits per heavy atom. The van der Waals surface area contributed by atoms with Crippen LogP contribution in [0.1, 0.15) is 62.1 Å². The van der Waals surface area contributed by atoms with Crippen molar-refractivity contribution < 1.29 is 4.79 Å². The number of rotatable bonds is 2. The second kappa shape index (κ2) is 7.08. The predicted octanol–water partition coefficient (Wildman–Crippen LogP) is 3.10. The van der Waals surface area contributed by atoms with Crippen LogP contribution in [-0.4, -0.2) is 18.5 Å². The van der Waals surface area contributed by atoms with Gasteiger partial charge in [-0.15, -0.1) is 0 Å². The fourth-order valence-electron chi connectivity index (χ4n) is 3.62. The van der Waals surface area contributed by atoms with Crippen molar-refractivity contribution >= 4 is 5.91 Å². The molecule has 2 N–H and O–H groups in total. The van der Waals surface area contributed by atoms with E-state index >= 15 is 0 Å². The van der Waals surface area contributed by atoms with Crippen LogP contribution in [0, 0.1) is 0 Å². The average Bonchev–Trinajstić information content (AvgIpc) is 2.49. The Morgan fingerprint density at radius 3 is 2.57 bits per heavy atom. The molecule has 0 spiro atoms. The molecule has 3 heteroatoms. The number of hydrogen-bond donors (Lipinski definition) is 2. The minimum atomic E-state index is -0.166. The highest BCUT2D eigenvalue weighted by Crippen LogP contribution is 2.24. The maximum atomic E-state index is 12.7. The van der Waals surface area contributed by atoms with E-state index in [0.717, 1.165) is 31.4 Å². The Kier molecular flexibility index (Phi) is 4.91. The van der Waals surface area contributed by atoms with Crippen LogP contribution in [0.3, 0.4) is 0 Å². The van der Waals surface area contributed by atoms with Gasteiger partial charge in [-0.05, 0) is 30.4 Å². The van der Waals surface area contributed by atoms with E-state index in [4.69, 9.17) is 0 Å². The van der Waals surface area contributed by atoms with Gasteiger partial charge in [-0.2, -0.15) is 0 Å². The number of amides is 1. The van der Waals surface area contributed by atoms with Crippen molar-refractivity contribution in [2.24, 2.45) is 0 Å². The first-order chi connectivity index (χ1) is 10.3. The van der Waals surface area contributed by atoms with Gasteiger partial charge in [-0.25, -0.2) is 0 Å². The van der Waals surface area contributed by atoms with Crippen LogP contribution in [0.15, 0.2) is 24.3 Å². The smallest absolute Gasteiger partial charge is 0.241 e. The van der Waals surface area contributed by atoms with E-state index in [1.54, 1.807) is 0 Å². The highest BCUT2D eigenvalue weighted by molar-refractivity contribution is 5.84. The molecule has 1 unspecified atom stereocenters. The van der Waals surface area contributed by atoms with Gasteiger partial charge in [0, 0.05) is 12.6 Å². The van der Waals surface area contributed by atoms with Crippen LogP contribution in [0.2, 0.25) is 0 Å². The monoisotopic (exact) mass is 286 g/mol. The molecule has 0 aromatic heterocycles. The van der Waals surface area contributed by atoms with Crippen molar-refractivity contribution in [3.05, 3.63) is 35.4 Å². The van der Waals surface area contributed by atoms with E-state index < -0.39 is 0 Å². The van der Waals surface area contributed by atoms with Gasteiger partial charge in [0.05, 0.1) is 0 Å². The van der Waals surface area contributed by atoms with Crippen LogP contribution < -0.4 is 10.6 Å². The molecule has 0 bridgehead atoms. The van der Waals surface area contributed by atoms with Crippen molar-refractivity contribution in [1.29, 1.82) is 0 Å². The van der Waals surface area contributed by atoms with Crippen LogP contribution in [-0.2, 0) is 11.2 Å². The predicted molar refractivity (Wildman–Crippen MR) is 85.1 cm³/mol. The number of hydrogen-bond acceptors (Lipinski definition) is 2. The zero-order chi connectivity index (χ0) is 14.5. The lowest BCUT2D eigenvalue weighted by atomic mass is 9.92. The van der Waals surface area contributed by atoms with Crippen molar-refractivity contribution in [2.45, 2.75) is 63.5 Å². The largest absolute Gasteiger partial charge is 0.352 e. The average molecular weight is 286 g/mol. The van der Waals surface area contributed by atoms with Crippen molar-refractivity contribution in [2.75, 3.05) is 6.54 Å². The zero-order valence-corrected chi connectivity index (χ0v) is 12.7. The molecule has 1 heterocycles. The maximum Gasteiger partial charge on any atom is 0.241 e. The Balaban J connectivity index is 1.65. The molecule has 1 fully saturated rings. The second-order valence-electron chi connectivity index (χ2n) is 6.39. The summed E-state index contributed by atoms with van der Waals surface area (Å²) < 4.78 is 0. The minimum Gasteiger partial charge on any atom is -0.352 e. The summed E-state index contributed by atoms with van der Waals surface area (Å²) in [4.78, 5) is 12.7. The molecule has 114 valence electrons. The lowest BCUT2D eigenvalue weighted by molar-refractivity contribution is -0.124. The molecule has 0 radical (unpaired) electrons. The van der Waals surface area contributed by atoms with Crippen LogP contribution in [0.5, 0.6) is 0 Å². The third kappa shape index (κ3) is 3.65. The first kappa shape index (κ1) is 14.6. The number of nitrogens with one attached hydrogen (secondary N) is 2. The van der Waals surface area contributed by atoms with Gasteiger partial charge in [0.15, 0.2) is 0 Å². The zero-order valence-electron chi connectivity index (χ0n) is 12.7. The summed E-state index contributed by atoms with van der Waals surface area (Å²) in [5.74, 6) is 0.160. The number of fused-ring (bicyclic) bond motifs is 1. The molecule has 1 aliphatic carbocycles. The molecule has 1 aromatic rings. The van der Waals surface area contributed by atoms with Gasteiger partial charge in [0.1, 0.15) is 6.04 Å². The Bertz CT molecular complexity index is 478. The molecule has 1 aliphatic heterocycles. The Labute approximate surface area is 127 Å². The van der Waals surface area contributed by atoms with Crippen molar-refractivity contribution in [1.82, 2.24) is 10.6 Å². The van der Waals surface area contributed by atoms with Gasteiger partial charge in [-0.1, -0.05) is 56.4 Å². The molecule has 1 saturated carbocycles. The summed E-state index contributed by atoms with van der Waals surface area (Å²) in [5.41, 5.74) is 2.47. The summed E-state index contributed by atoms with van der Waals surface area (Å²) >= 11 is 0. The minimum absolute atomic E-state index is 0.160. The summed E-state index contributed by atoms with van der Waals surface area (Å²) in [5, 5.41) is 6.68. The third-order valence-corrected chi connectivity index (χ3v) is 4.82. The lowest BCUT2D eigenvalue weighted by Crippen LogP contribution is -2.45. The summed E-state index contributed by atoms with van der Waals surface area (Å²) in [6, 6.07) is 8.53. The number of carbonyl (C=O) groups is 1. The molecule has 1 aromatic carbocycles. The van der Waals surface area contributed by atoms with Gasteiger partial charge in [-0.3, -0.25) is 4.79 Å². The molecule has 3 nitrogen and oxygen atoms in total. The summed E-state index contributed by atoms with van der Waals surface area (Å²) in [6.45, 7) is 0.889. The van der Waals surface area contributed by atoms with Gasteiger partial charge in [0.2, 0.25) is 5.91 Å². The number of carbonyl (C=O) groups excluding carboxylic acids is 1. The normalized spacial score (nSPS) is 23.7. The van der Waals surface area contributed by atoms with Gasteiger partial charge >= 0.3 is 0 Å². The first-order valence-electron chi connectivity index (χ1n) is 8.46. The van der Waals surface area contributed by atoms with Crippen LogP contribution in [0.25, 0.3) is 0 Å². The molecular formula is C18H26N2O. The first-order valence-corrected chi connectivity index (χ1v) is 8.46. The third-order valence-electron chi connectivity index (χ3n) is 4.82. The molecule has 1 atom stereocenters. The van der Waals surface area contributed by atoms with E-state index in [1.165, 1.54) is 37.7 Å². The molecule has 0 saturated heterocycles. The molecule has 21 heavy (non-hydrogen) atoms. The van der Waals surface area contributed by atoms with Crippen molar-refractivity contribution in [3.8, 4) is 0 Å². The van der Waals surface area contributed by atoms with Crippen LogP contribution in [0.4, 0.5) is 0 Å². The lowest BCUT2D eigenvalue weighted by Gasteiger charge is -2.29. The fraction of sp³-hybridized carbons (Fsp3) is 0.611. The highest BCUT2D eigenvalue weighted by Gasteiger charge is 2.27. The van der Waals surface area contributed by atoms with E-state index in [1.807, 2.05) is 6.07 Å². The standard InChI is InChI=1S/C18H26N2O/c21-18(20-15-9-4-2-1-3-5-10-15)17-16-11-7-6-8-14(16)12-13-19-17/h6-8,11,15,17,19H,1-5,9-10,12-13H2,(H,20,21). The quantitative estimate of drug-likeness (QED) is 0.877. The maximum absolute atomic E-state index is 12.7. The van der Waals surface area contributed by atoms with E-state index in [0.29, 0.717) is 6.04 Å². The Morgan fingerprint density at radius 1 is 1.05 bits per heavy atom. The van der Waals surface area contributed by atoms with E-state index in [9.17, 15) is 4.79 Å². The van der Waals surface area contributed by atoms with E-state index in [-0.39, 0.29) is 11.9 Å². The van der Waals surface area contributed by atoms with Gasteiger partial charge < -0.3 is 10.6 Å². The molecular weight excluding hydrogens is 260 g/mol. The fourth-order valence-corrected chi connectivity index (χ4v) is 3.62. The van der Waals surface area contributed by atoms with E-state index in [2.05, 4.69) is 28.8 Å². The molecule has 3 rings (SSSR count). The second-order valence-corrected chi connectivity index (χ2v) is 6.39. The molecule has 2 aliphatic rings. The summed E-state index contributed by atoms with van der Waals surface area (Å²) in [7, 11) is 0. The SMILES string of the molecule is O=C(NC1CCCCCCC1)C1NCCc2ccccc21. The summed E-state index contributed by atoms with van der Waals surface area (Å²) in [6.07, 6.45) is 9.79. The Hall–Kier alpha value is -1.35. The number of benzene rings is 1. The van der Waals surface area contributed by atoms with Crippen molar-refractivity contribution in [3.63, 3.8) is 0 Å².